The lowest BCUT2D eigenvalue weighted by atomic mass is 10.1. The molecule has 0 aromatic carbocycles. The van der Waals surface area contributed by atoms with Gasteiger partial charge < -0.3 is 11.5 Å². The van der Waals surface area contributed by atoms with Crippen LogP contribution in [0.5, 0.6) is 0 Å². The van der Waals surface area contributed by atoms with E-state index in [1.807, 2.05) is 0 Å². The summed E-state index contributed by atoms with van der Waals surface area (Å²) in [5.41, 5.74) is 12.0. The van der Waals surface area contributed by atoms with Gasteiger partial charge in [0.05, 0.1) is 0 Å². The number of carbonyl (C=O) groups is 1. The van der Waals surface area contributed by atoms with Gasteiger partial charge in [0, 0.05) is 35.9 Å². The molecule has 2 unspecified atom stereocenters. The summed E-state index contributed by atoms with van der Waals surface area (Å²) in [6.45, 7) is 0. The van der Waals surface area contributed by atoms with Crippen molar-refractivity contribution in [1.82, 2.24) is 19.9 Å². The minimum atomic E-state index is -0.565. The highest BCUT2D eigenvalue weighted by molar-refractivity contribution is 9.10. The second kappa shape index (κ2) is 6.23. The van der Waals surface area contributed by atoms with Crippen molar-refractivity contribution in [2.45, 2.75) is 9.65 Å². The minimum absolute atomic E-state index is 0.133. The van der Waals surface area contributed by atoms with Gasteiger partial charge >= 0.3 is 0 Å². The normalized spacial score (nSPS) is 13.7. The number of anilines is 2. The van der Waals surface area contributed by atoms with Gasteiger partial charge in [-0.15, -0.1) is 0 Å². The number of carbonyl (C=O) groups excluding carboxylic acids is 1. The lowest BCUT2D eigenvalue weighted by Crippen LogP contribution is -2.14. The molecule has 0 aliphatic carbocycles. The first kappa shape index (κ1) is 14.8. The number of nitrogens with zero attached hydrogens (tertiary/aromatic N) is 4. The Bertz CT molecular complexity index is 550. The molecule has 4 N–H and O–H groups in total. The van der Waals surface area contributed by atoms with Crippen LogP contribution in [0.15, 0.2) is 24.8 Å². The summed E-state index contributed by atoms with van der Waals surface area (Å²) in [5, 5.41) is 0. The summed E-state index contributed by atoms with van der Waals surface area (Å²) in [6, 6.07) is 0. The van der Waals surface area contributed by atoms with E-state index in [0.717, 1.165) is 0 Å². The Morgan fingerprint density at radius 3 is 1.45 bits per heavy atom. The van der Waals surface area contributed by atoms with Crippen molar-refractivity contribution in [2.24, 2.45) is 0 Å². The molecule has 2 aromatic rings. The van der Waals surface area contributed by atoms with Crippen molar-refractivity contribution < 1.29 is 4.79 Å². The summed E-state index contributed by atoms with van der Waals surface area (Å²) >= 11 is 6.64. The molecule has 7 nitrogen and oxygen atoms in total. The van der Waals surface area contributed by atoms with Gasteiger partial charge in [-0.3, -0.25) is 4.79 Å². The first-order chi connectivity index (χ1) is 9.49. The summed E-state index contributed by atoms with van der Waals surface area (Å²) in [5.74, 6) is 0.179. The largest absolute Gasteiger partial charge is 0.368 e. The van der Waals surface area contributed by atoms with Crippen LogP contribution in [0.25, 0.3) is 0 Å². The molecule has 2 aromatic heterocycles. The van der Waals surface area contributed by atoms with Crippen molar-refractivity contribution in [3.63, 3.8) is 0 Å². The average Bonchev–Trinajstić information content (AvgIpc) is 2.46. The van der Waals surface area contributed by atoms with E-state index in [4.69, 9.17) is 11.5 Å². The van der Waals surface area contributed by atoms with E-state index in [-0.39, 0.29) is 17.7 Å². The van der Waals surface area contributed by atoms with E-state index in [2.05, 4.69) is 51.8 Å². The van der Waals surface area contributed by atoms with Gasteiger partial charge in [0.15, 0.2) is 5.78 Å². The Labute approximate surface area is 131 Å². The maximum absolute atomic E-state index is 12.3. The molecule has 0 spiro atoms. The van der Waals surface area contributed by atoms with E-state index >= 15 is 0 Å². The molecule has 20 heavy (non-hydrogen) atoms. The maximum atomic E-state index is 12.3. The van der Waals surface area contributed by atoms with Crippen LogP contribution in [0.4, 0.5) is 11.9 Å². The highest BCUT2D eigenvalue weighted by atomic mass is 79.9. The molecular formula is C11H10Br2N6O. The fraction of sp³-hybridized carbons (Fsp3) is 0.182. The van der Waals surface area contributed by atoms with E-state index < -0.39 is 9.65 Å². The summed E-state index contributed by atoms with van der Waals surface area (Å²) in [6.07, 6.45) is 6.00. The highest BCUT2D eigenvalue weighted by Gasteiger charge is 2.26. The van der Waals surface area contributed by atoms with Crippen LogP contribution in [0.2, 0.25) is 0 Å². The SMILES string of the molecule is Nc1ncc(C(Br)C(=O)C(Br)c2cnc(N)nc2)cn1. The van der Waals surface area contributed by atoms with Gasteiger partial charge in [0.25, 0.3) is 0 Å². The number of Topliss-reactive ketones (excluding diaryl/α,β-unsaturated/α-hetero) is 1. The van der Waals surface area contributed by atoms with E-state index in [0.29, 0.717) is 11.1 Å². The smallest absolute Gasteiger partial charge is 0.219 e. The fourth-order valence-electron chi connectivity index (χ4n) is 1.41. The van der Waals surface area contributed by atoms with E-state index in [1.165, 1.54) is 24.8 Å². The number of hydrogen-bond donors (Lipinski definition) is 2. The Morgan fingerprint density at radius 2 is 1.15 bits per heavy atom. The number of hydrogen-bond acceptors (Lipinski definition) is 7. The van der Waals surface area contributed by atoms with E-state index in [9.17, 15) is 4.79 Å². The van der Waals surface area contributed by atoms with Crippen LogP contribution in [0, 0.1) is 0 Å². The number of aromatic nitrogens is 4. The van der Waals surface area contributed by atoms with Gasteiger partial charge in [0.2, 0.25) is 11.9 Å². The van der Waals surface area contributed by atoms with Crippen LogP contribution >= 0.6 is 31.9 Å². The van der Waals surface area contributed by atoms with Gasteiger partial charge in [-0.05, 0) is 0 Å². The Hall–Kier alpha value is -1.61. The van der Waals surface area contributed by atoms with Crippen molar-refractivity contribution in [3.05, 3.63) is 35.9 Å². The zero-order chi connectivity index (χ0) is 14.7. The molecule has 9 heteroatoms. The minimum Gasteiger partial charge on any atom is -0.368 e. The summed E-state index contributed by atoms with van der Waals surface area (Å²) in [4.78, 5) is 26.6. The Morgan fingerprint density at radius 1 is 0.850 bits per heavy atom. The number of halogens is 2. The van der Waals surface area contributed by atoms with Gasteiger partial charge in [-0.25, -0.2) is 19.9 Å². The monoisotopic (exact) mass is 400 g/mol. The molecule has 2 atom stereocenters. The van der Waals surface area contributed by atoms with E-state index in [1.54, 1.807) is 0 Å². The lowest BCUT2D eigenvalue weighted by molar-refractivity contribution is -0.118. The quantitative estimate of drug-likeness (QED) is 0.745. The summed E-state index contributed by atoms with van der Waals surface area (Å²) < 4.78 is 0. The number of nitrogen functional groups attached to an aromatic ring is 2. The van der Waals surface area contributed by atoms with Crippen LogP contribution in [-0.2, 0) is 4.79 Å². The number of nitrogens with two attached hydrogens (primary N) is 2. The third kappa shape index (κ3) is 3.28. The second-order valence-electron chi connectivity index (χ2n) is 3.88. The average molecular weight is 402 g/mol. The molecule has 0 bridgehead atoms. The van der Waals surface area contributed by atoms with Crippen molar-refractivity contribution >= 4 is 49.5 Å². The zero-order valence-electron chi connectivity index (χ0n) is 10.1. The predicted molar refractivity (Wildman–Crippen MR) is 81.2 cm³/mol. The predicted octanol–water partition coefficient (Wildman–Crippen LogP) is 1.57. The lowest BCUT2D eigenvalue weighted by Gasteiger charge is -2.13. The molecule has 0 saturated heterocycles. The highest BCUT2D eigenvalue weighted by Crippen LogP contribution is 2.33. The maximum Gasteiger partial charge on any atom is 0.219 e. The third-order valence-electron chi connectivity index (χ3n) is 2.47. The molecule has 104 valence electrons. The molecule has 0 aliphatic rings. The number of ketones is 1. The zero-order valence-corrected chi connectivity index (χ0v) is 13.2. The number of alkyl halides is 2. The van der Waals surface area contributed by atoms with Crippen molar-refractivity contribution in [3.8, 4) is 0 Å². The van der Waals surface area contributed by atoms with Crippen LogP contribution in [0.3, 0.4) is 0 Å². The molecule has 0 fully saturated rings. The van der Waals surface area contributed by atoms with Crippen LogP contribution in [-0.4, -0.2) is 25.7 Å². The molecule has 2 heterocycles. The molecule has 2 rings (SSSR count). The van der Waals surface area contributed by atoms with Crippen LogP contribution in [0.1, 0.15) is 20.8 Å². The standard InChI is InChI=1S/C11H10Br2N6O/c12-7(5-1-16-10(14)17-2-5)9(20)8(13)6-3-18-11(15)19-4-6/h1-4,7-8H,(H2,14,16,17)(H2,15,18,19). The Balaban J connectivity index is 2.17. The molecule has 0 saturated carbocycles. The fourth-order valence-corrected chi connectivity index (χ4v) is 2.77. The molecular weight excluding hydrogens is 392 g/mol. The Kier molecular flexibility index (Phi) is 4.61. The first-order valence-corrected chi connectivity index (χ1v) is 7.29. The van der Waals surface area contributed by atoms with Gasteiger partial charge in [-0.1, -0.05) is 31.9 Å². The summed E-state index contributed by atoms with van der Waals surface area (Å²) in [7, 11) is 0. The second-order valence-corrected chi connectivity index (χ2v) is 5.71. The molecule has 0 amide bonds. The first-order valence-electron chi connectivity index (χ1n) is 5.45. The topological polar surface area (TPSA) is 121 Å². The number of rotatable bonds is 4. The van der Waals surface area contributed by atoms with Gasteiger partial charge in [-0.2, -0.15) is 0 Å². The van der Waals surface area contributed by atoms with Gasteiger partial charge in [0.1, 0.15) is 9.65 Å². The third-order valence-corrected chi connectivity index (χ3v) is 4.43. The van der Waals surface area contributed by atoms with Crippen LogP contribution < -0.4 is 11.5 Å². The van der Waals surface area contributed by atoms with Crippen molar-refractivity contribution in [1.29, 1.82) is 0 Å². The molecule has 0 radical (unpaired) electrons. The molecule has 0 aliphatic heterocycles. The van der Waals surface area contributed by atoms with Crippen molar-refractivity contribution in [2.75, 3.05) is 11.5 Å².